The van der Waals surface area contributed by atoms with Gasteiger partial charge >= 0.3 is 0 Å². The highest BCUT2D eigenvalue weighted by atomic mass is 16.1. The van der Waals surface area contributed by atoms with Crippen molar-refractivity contribution in [3.63, 3.8) is 0 Å². The van der Waals surface area contributed by atoms with E-state index in [2.05, 4.69) is 24.0 Å². The molecule has 1 aliphatic carbocycles. The third-order valence-corrected chi connectivity index (χ3v) is 2.98. The number of fused-ring (bicyclic) bond motifs is 1. The fraction of sp³-hybridized carbons (Fsp3) is 0.267. The summed E-state index contributed by atoms with van der Waals surface area (Å²) in [6.45, 7) is 1.83. The van der Waals surface area contributed by atoms with Crippen molar-refractivity contribution in [2.45, 2.75) is 26.2 Å². The van der Waals surface area contributed by atoms with E-state index in [1.54, 1.807) is 0 Å². The molecule has 0 saturated carbocycles. The van der Waals surface area contributed by atoms with Crippen LogP contribution in [0, 0.1) is 11.8 Å². The van der Waals surface area contributed by atoms with Crippen LogP contribution in [-0.2, 0) is 11.2 Å². The summed E-state index contributed by atoms with van der Waals surface area (Å²) in [4.78, 5) is 11.0. The fourth-order valence-electron chi connectivity index (χ4n) is 2.14. The Morgan fingerprint density at radius 1 is 1.31 bits per heavy atom. The topological polar surface area (TPSA) is 17.1 Å². The fourth-order valence-corrected chi connectivity index (χ4v) is 2.14. The summed E-state index contributed by atoms with van der Waals surface area (Å²) >= 11 is 0. The monoisotopic (exact) mass is 210 g/mol. The lowest BCUT2D eigenvalue weighted by Crippen LogP contribution is -2.05. The van der Waals surface area contributed by atoms with Gasteiger partial charge in [-0.3, -0.25) is 4.79 Å². The van der Waals surface area contributed by atoms with Gasteiger partial charge in [-0.2, -0.15) is 0 Å². The molecule has 0 unspecified atom stereocenters. The molecule has 0 fully saturated rings. The molecule has 1 aliphatic rings. The molecule has 0 atom stereocenters. The van der Waals surface area contributed by atoms with Crippen LogP contribution in [0.3, 0.4) is 0 Å². The third-order valence-electron chi connectivity index (χ3n) is 2.98. The molecule has 2 rings (SSSR count). The molecule has 0 spiro atoms. The third kappa shape index (κ3) is 1.92. The van der Waals surface area contributed by atoms with Gasteiger partial charge in [-0.05, 0) is 42.0 Å². The van der Waals surface area contributed by atoms with Crippen LogP contribution in [0.4, 0.5) is 0 Å². The highest BCUT2D eigenvalue weighted by molar-refractivity contribution is 5.90. The molecule has 0 amide bonds. The minimum Gasteiger partial charge on any atom is -0.298 e. The van der Waals surface area contributed by atoms with Crippen LogP contribution in [0.5, 0.6) is 0 Å². The summed E-state index contributed by atoms with van der Waals surface area (Å²) in [7, 11) is 0. The van der Waals surface area contributed by atoms with Crippen molar-refractivity contribution >= 4 is 11.9 Å². The smallest absolute Gasteiger partial charge is 0.146 e. The van der Waals surface area contributed by atoms with E-state index in [1.807, 2.05) is 19.1 Å². The van der Waals surface area contributed by atoms with E-state index in [1.165, 1.54) is 11.1 Å². The number of hydrogen-bond donors (Lipinski definition) is 0. The lowest BCUT2D eigenvalue weighted by atomic mass is 9.85. The van der Waals surface area contributed by atoms with Crippen LogP contribution in [0.15, 0.2) is 29.8 Å². The minimum atomic E-state index is 0.682. The zero-order valence-electron chi connectivity index (χ0n) is 9.42. The van der Waals surface area contributed by atoms with E-state index in [4.69, 9.17) is 0 Å². The van der Waals surface area contributed by atoms with Crippen LogP contribution in [-0.4, -0.2) is 6.29 Å². The number of aryl methyl sites for hydroxylation is 1. The summed E-state index contributed by atoms with van der Waals surface area (Å²) in [5, 5.41) is 0. The van der Waals surface area contributed by atoms with E-state index in [9.17, 15) is 4.79 Å². The lowest BCUT2D eigenvalue weighted by Gasteiger charge is -2.19. The van der Waals surface area contributed by atoms with Crippen molar-refractivity contribution in [2.75, 3.05) is 0 Å². The number of benzene rings is 1. The predicted molar refractivity (Wildman–Crippen MR) is 65.8 cm³/mol. The lowest BCUT2D eigenvalue weighted by molar-refractivity contribution is -0.105. The normalized spacial score (nSPS) is 13.8. The number of allylic oxidation sites excluding steroid dienone is 2. The zero-order valence-corrected chi connectivity index (χ0v) is 9.42. The Hall–Kier alpha value is -1.81. The first-order chi connectivity index (χ1) is 7.86. The van der Waals surface area contributed by atoms with Gasteiger partial charge in [0.25, 0.3) is 0 Å². The quantitative estimate of drug-likeness (QED) is 0.541. The highest BCUT2D eigenvalue weighted by Gasteiger charge is 2.16. The second kappa shape index (κ2) is 4.81. The number of rotatable bonds is 2. The largest absolute Gasteiger partial charge is 0.298 e. The van der Waals surface area contributed by atoms with Crippen molar-refractivity contribution in [1.82, 2.24) is 0 Å². The molecular weight excluding hydrogens is 196 g/mol. The molecule has 1 aromatic rings. The molecule has 0 saturated heterocycles. The first kappa shape index (κ1) is 10.7. The van der Waals surface area contributed by atoms with Gasteiger partial charge in [0.15, 0.2) is 0 Å². The van der Waals surface area contributed by atoms with Crippen molar-refractivity contribution in [3.05, 3.63) is 41.0 Å². The molecule has 16 heavy (non-hydrogen) atoms. The molecular formula is C15H14O. The Labute approximate surface area is 96.2 Å². The van der Waals surface area contributed by atoms with E-state index in [0.717, 1.165) is 30.3 Å². The van der Waals surface area contributed by atoms with Crippen LogP contribution in [0.25, 0.3) is 5.57 Å². The Kier molecular flexibility index (Phi) is 3.22. The molecule has 1 aromatic carbocycles. The summed E-state index contributed by atoms with van der Waals surface area (Å²) in [6.07, 6.45) is 3.48. The number of carbonyl (C=O) groups excluding carboxylic acids is 1. The molecule has 1 nitrogen and oxygen atoms in total. The van der Waals surface area contributed by atoms with Crippen LogP contribution in [0.1, 0.15) is 30.9 Å². The molecule has 1 heteroatoms. The number of aldehydes is 1. The summed E-state index contributed by atoms with van der Waals surface area (Å²) < 4.78 is 0. The van der Waals surface area contributed by atoms with Crippen LogP contribution < -0.4 is 0 Å². The minimum absolute atomic E-state index is 0.682. The van der Waals surface area contributed by atoms with Gasteiger partial charge in [-0.15, -0.1) is 5.92 Å². The molecule has 0 aliphatic heterocycles. The summed E-state index contributed by atoms with van der Waals surface area (Å²) in [6, 6.07) is 8.29. The van der Waals surface area contributed by atoms with Gasteiger partial charge in [-0.1, -0.05) is 30.2 Å². The molecule has 0 N–H and O–H groups in total. The maximum Gasteiger partial charge on any atom is 0.146 e. The highest BCUT2D eigenvalue weighted by Crippen LogP contribution is 2.32. The van der Waals surface area contributed by atoms with Crippen LogP contribution in [0.2, 0.25) is 0 Å². The van der Waals surface area contributed by atoms with E-state index in [0.29, 0.717) is 6.42 Å². The Balaban J connectivity index is 2.50. The number of hydrogen-bond acceptors (Lipinski definition) is 1. The van der Waals surface area contributed by atoms with Gasteiger partial charge in [0.2, 0.25) is 0 Å². The van der Waals surface area contributed by atoms with E-state index >= 15 is 0 Å². The number of carbonyl (C=O) groups is 1. The average Bonchev–Trinajstić information content (AvgIpc) is 2.35. The maximum atomic E-state index is 11.0. The first-order valence-corrected chi connectivity index (χ1v) is 5.52. The van der Waals surface area contributed by atoms with Crippen molar-refractivity contribution < 1.29 is 4.79 Å². The maximum absolute atomic E-state index is 11.0. The molecule has 0 radical (unpaired) electrons. The molecule has 0 aromatic heterocycles. The van der Waals surface area contributed by atoms with Gasteiger partial charge < -0.3 is 0 Å². The van der Waals surface area contributed by atoms with Gasteiger partial charge in [-0.25, -0.2) is 0 Å². The second-order valence-corrected chi connectivity index (χ2v) is 3.88. The molecule has 0 bridgehead atoms. The Bertz CT molecular complexity index is 498. The summed E-state index contributed by atoms with van der Waals surface area (Å²) in [5.41, 5.74) is 4.58. The second-order valence-electron chi connectivity index (χ2n) is 3.88. The molecule has 80 valence electrons. The predicted octanol–water partition coefficient (Wildman–Crippen LogP) is 3.00. The Morgan fingerprint density at radius 2 is 2.12 bits per heavy atom. The van der Waals surface area contributed by atoms with Crippen molar-refractivity contribution in [3.8, 4) is 11.8 Å². The van der Waals surface area contributed by atoms with Gasteiger partial charge in [0.1, 0.15) is 6.29 Å². The standard InChI is InChI=1S/C15H14O/c1-2-3-7-15-13(11-16)10-9-12-6-4-5-8-14(12)15/h4-6,8,11H,7,9-10H2,1H3. The Morgan fingerprint density at radius 3 is 2.88 bits per heavy atom. The summed E-state index contributed by atoms with van der Waals surface area (Å²) in [5.74, 6) is 5.95. The SMILES string of the molecule is CC#CCC1=C(C=O)CCc2ccccc21. The van der Waals surface area contributed by atoms with Crippen molar-refractivity contribution in [1.29, 1.82) is 0 Å². The van der Waals surface area contributed by atoms with Gasteiger partial charge in [0, 0.05) is 6.42 Å². The first-order valence-electron chi connectivity index (χ1n) is 5.52. The van der Waals surface area contributed by atoms with Crippen LogP contribution >= 0.6 is 0 Å². The van der Waals surface area contributed by atoms with E-state index in [-0.39, 0.29) is 0 Å². The zero-order chi connectivity index (χ0) is 11.4. The van der Waals surface area contributed by atoms with Gasteiger partial charge in [0.05, 0.1) is 0 Å². The van der Waals surface area contributed by atoms with Crippen molar-refractivity contribution in [2.24, 2.45) is 0 Å². The van der Waals surface area contributed by atoms with E-state index < -0.39 is 0 Å². The molecule has 0 heterocycles. The average molecular weight is 210 g/mol.